The Morgan fingerprint density at radius 1 is 0.556 bits per heavy atom. The Morgan fingerprint density at radius 3 is 0.889 bits per heavy atom. The fraction of sp³-hybridized carbons (Fsp3) is 0.500. The Kier molecular flexibility index (Phi) is 7.04. The van der Waals surface area contributed by atoms with E-state index in [1.54, 1.807) is 41.5 Å². The molecular formula is C18H27N3O6. The quantitative estimate of drug-likeness (QED) is 0.381. The van der Waals surface area contributed by atoms with Crippen molar-refractivity contribution in [2.75, 3.05) is 17.2 Å². The molecule has 0 aliphatic carbocycles. The van der Waals surface area contributed by atoms with Crippen molar-refractivity contribution in [1.29, 1.82) is 0 Å². The second-order valence-corrected chi connectivity index (χ2v) is 6.73. The van der Waals surface area contributed by atoms with Crippen molar-refractivity contribution in [1.82, 2.24) is 0 Å². The van der Waals surface area contributed by atoms with Crippen molar-refractivity contribution < 1.29 is 28.6 Å². The molecule has 0 spiro atoms. The zero-order valence-corrected chi connectivity index (χ0v) is 16.4. The molecule has 0 atom stereocenters. The second kappa shape index (κ2) is 8.61. The number of carbonyl (C=O) groups is 3. The molecule has 1 aromatic rings. The SMILES string of the molecule is CC(C)OC(=O)c1c(N)c(C(=O)OC(C)C)c(N)c(C(=O)OC(C)C)c1N. The summed E-state index contributed by atoms with van der Waals surface area (Å²) >= 11 is 0. The van der Waals surface area contributed by atoms with Gasteiger partial charge in [-0.3, -0.25) is 0 Å². The molecule has 0 aliphatic rings. The van der Waals surface area contributed by atoms with Crippen LogP contribution in [0.15, 0.2) is 0 Å². The van der Waals surface area contributed by atoms with Crippen LogP contribution in [-0.2, 0) is 14.2 Å². The maximum Gasteiger partial charge on any atom is 0.342 e. The van der Waals surface area contributed by atoms with Gasteiger partial charge in [-0.15, -0.1) is 0 Å². The molecule has 0 aromatic heterocycles. The van der Waals surface area contributed by atoms with E-state index < -0.39 is 36.2 Å². The van der Waals surface area contributed by atoms with Crippen LogP contribution in [0, 0.1) is 0 Å². The number of carbonyl (C=O) groups excluding carboxylic acids is 3. The summed E-state index contributed by atoms with van der Waals surface area (Å²) in [7, 11) is 0. The molecule has 0 aliphatic heterocycles. The number of rotatable bonds is 6. The molecule has 0 saturated heterocycles. The molecule has 0 radical (unpaired) electrons. The van der Waals surface area contributed by atoms with E-state index in [1.807, 2.05) is 0 Å². The van der Waals surface area contributed by atoms with Crippen LogP contribution in [0.25, 0.3) is 0 Å². The first-order chi connectivity index (χ1) is 12.4. The monoisotopic (exact) mass is 381 g/mol. The summed E-state index contributed by atoms with van der Waals surface area (Å²) in [5.41, 5.74) is 16.0. The van der Waals surface area contributed by atoms with Crippen molar-refractivity contribution in [2.45, 2.75) is 59.9 Å². The highest BCUT2D eigenvalue weighted by Crippen LogP contribution is 2.36. The van der Waals surface area contributed by atoms with E-state index in [0.717, 1.165) is 0 Å². The van der Waals surface area contributed by atoms with Gasteiger partial charge >= 0.3 is 17.9 Å². The van der Waals surface area contributed by atoms with E-state index >= 15 is 0 Å². The van der Waals surface area contributed by atoms with E-state index in [4.69, 9.17) is 31.4 Å². The van der Waals surface area contributed by atoms with Crippen LogP contribution >= 0.6 is 0 Å². The minimum Gasteiger partial charge on any atom is -0.459 e. The maximum atomic E-state index is 12.5. The van der Waals surface area contributed by atoms with Crippen molar-refractivity contribution in [2.24, 2.45) is 0 Å². The molecule has 0 bridgehead atoms. The van der Waals surface area contributed by atoms with Crippen molar-refractivity contribution in [3.8, 4) is 0 Å². The summed E-state index contributed by atoms with van der Waals surface area (Å²) in [6.07, 6.45) is -1.44. The minimum atomic E-state index is -0.891. The third kappa shape index (κ3) is 5.02. The van der Waals surface area contributed by atoms with Gasteiger partial charge in [-0.1, -0.05) is 0 Å². The third-order valence-corrected chi connectivity index (χ3v) is 3.26. The van der Waals surface area contributed by atoms with Crippen LogP contribution in [-0.4, -0.2) is 36.2 Å². The van der Waals surface area contributed by atoms with Gasteiger partial charge in [0, 0.05) is 0 Å². The summed E-state index contributed by atoms with van der Waals surface area (Å²) in [4.78, 5) is 37.4. The lowest BCUT2D eigenvalue weighted by Crippen LogP contribution is -2.25. The minimum absolute atomic E-state index is 0.317. The Balaban J connectivity index is 3.75. The van der Waals surface area contributed by atoms with Crippen LogP contribution in [0.4, 0.5) is 17.1 Å². The smallest absolute Gasteiger partial charge is 0.342 e. The van der Waals surface area contributed by atoms with Crippen molar-refractivity contribution in [3.05, 3.63) is 16.7 Å². The number of hydrogen-bond acceptors (Lipinski definition) is 9. The lowest BCUT2D eigenvalue weighted by Gasteiger charge is -2.20. The van der Waals surface area contributed by atoms with Crippen LogP contribution in [0.1, 0.15) is 72.6 Å². The topological polar surface area (TPSA) is 157 Å². The zero-order valence-electron chi connectivity index (χ0n) is 16.4. The van der Waals surface area contributed by atoms with E-state index in [9.17, 15) is 14.4 Å². The largest absolute Gasteiger partial charge is 0.459 e. The standard InChI is InChI=1S/C18H27N3O6/c1-7(2)25-16(22)10-13(19)11(17(23)26-8(3)4)15(21)12(14(10)20)18(24)27-9(5)6/h7-9H,19-21H2,1-6H3. The molecule has 0 saturated carbocycles. The van der Waals surface area contributed by atoms with Gasteiger partial charge in [-0.25, -0.2) is 14.4 Å². The molecule has 9 nitrogen and oxygen atoms in total. The summed E-state index contributed by atoms with van der Waals surface area (Å²) in [5, 5.41) is 0. The highest BCUT2D eigenvalue weighted by Gasteiger charge is 2.32. The van der Waals surface area contributed by atoms with Crippen LogP contribution in [0.5, 0.6) is 0 Å². The van der Waals surface area contributed by atoms with Gasteiger partial charge in [-0.05, 0) is 41.5 Å². The molecular weight excluding hydrogens is 354 g/mol. The number of esters is 3. The molecule has 27 heavy (non-hydrogen) atoms. The average molecular weight is 381 g/mol. The van der Waals surface area contributed by atoms with E-state index in [-0.39, 0.29) is 33.8 Å². The number of ether oxygens (including phenoxy) is 3. The lowest BCUT2D eigenvalue weighted by molar-refractivity contribution is 0.0379. The lowest BCUT2D eigenvalue weighted by atomic mass is 9.97. The van der Waals surface area contributed by atoms with Gasteiger partial charge < -0.3 is 31.4 Å². The summed E-state index contributed by atoms with van der Waals surface area (Å²) in [6.45, 7) is 9.77. The fourth-order valence-corrected chi connectivity index (χ4v) is 2.29. The summed E-state index contributed by atoms with van der Waals surface area (Å²) < 4.78 is 15.4. The average Bonchev–Trinajstić information content (AvgIpc) is 2.43. The first-order valence-corrected chi connectivity index (χ1v) is 8.51. The molecule has 0 amide bonds. The molecule has 1 rings (SSSR count). The van der Waals surface area contributed by atoms with E-state index in [2.05, 4.69) is 0 Å². The normalized spacial score (nSPS) is 11.0. The zero-order chi connectivity index (χ0) is 21.0. The third-order valence-electron chi connectivity index (χ3n) is 3.26. The predicted octanol–water partition coefficient (Wildman–Crippen LogP) is 2.13. The van der Waals surface area contributed by atoms with Crippen molar-refractivity contribution in [3.63, 3.8) is 0 Å². The number of nitrogen functional groups attached to an aromatic ring is 3. The Bertz CT molecular complexity index is 635. The molecule has 0 fully saturated rings. The summed E-state index contributed by atoms with van der Waals surface area (Å²) in [6, 6.07) is 0. The first-order valence-electron chi connectivity index (χ1n) is 8.51. The second-order valence-electron chi connectivity index (χ2n) is 6.73. The Morgan fingerprint density at radius 2 is 0.741 bits per heavy atom. The maximum absolute atomic E-state index is 12.5. The molecule has 6 N–H and O–H groups in total. The molecule has 0 unspecified atom stereocenters. The highest BCUT2D eigenvalue weighted by molar-refractivity contribution is 6.17. The first kappa shape index (κ1) is 22.1. The molecule has 1 aromatic carbocycles. The molecule has 0 heterocycles. The van der Waals surface area contributed by atoms with Gasteiger partial charge in [0.25, 0.3) is 0 Å². The van der Waals surface area contributed by atoms with Crippen molar-refractivity contribution >= 4 is 35.0 Å². The van der Waals surface area contributed by atoms with E-state index in [1.165, 1.54) is 0 Å². The molecule has 150 valence electrons. The highest BCUT2D eigenvalue weighted by atomic mass is 16.6. The number of nitrogens with two attached hydrogens (primary N) is 3. The molecule has 9 heteroatoms. The predicted molar refractivity (Wildman–Crippen MR) is 101 cm³/mol. The van der Waals surface area contributed by atoms with Gasteiger partial charge in [0.1, 0.15) is 16.7 Å². The van der Waals surface area contributed by atoms with Gasteiger partial charge in [0.15, 0.2) is 0 Å². The van der Waals surface area contributed by atoms with Gasteiger partial charge in [0.05, 0.1) is 35.4 Å². The van der Waals surface area contributed by atoms with Crippen LogP contribution in [0.3, 0.4) is 0 Å². The number of anilines is 3. The van der Waals surface area contributed by atoms with E-state index in [0.29, 0.717) is 0 Å². The Hall–Kier alpha value is -2.97. The van der Waals surface area contributed by atoms with Crippen LogP contribution < -0.4 is 17.2 Å². The fourth-order valence-electron chi connectivity index (χ4n) is 2.29. The van der Waals surface area contributed by atoms with Gasteiger partial charge in [-0.2, -0.15) is 0 Å². The van der Waals surface area contributed by atoms with Crippen LogP contribution in [0.2, 0.25) is 0 Å². The summed E-state index contributed by atoms with van der Waals surface area (Å²) in [5.74, 6) is -2.67. The number of hydrogen-bond donors (Lipinski definition) is 3. The number of benzene rings is 1. The van der Waals surface area contributed by atoms with Gasteiger partial charge in [0.2, 0.25) is 0 Å². The Labute approximate surface area is 158 Å².